The minimum atomic E-state index is 0.0576. The van der Waals surface area contributed by atoms with Crippen molar-refractivity contribution in [1.29, 1.82) is 0 Å². The third kappa shape index (κ3) is 1.05. The van der Waals surface area contributed by atoms with Crippen molar-refractivity contribution in [2.45, 2.75) is 26.2 Å². The summed E-state index contributed by atoms with van der Waals surface area (Å²) in [6, 6.07) is 0. The van der Waals surface area contributed by atoms with Crippen LogP contribution in [0.15, 0.2) is 0 Å². The van der Waals surface area contributed by atoms with E-state index in [1.807, 2.05) is 6.92 Å². The minimum absolute atomic E-state index is 0.0576. The van der Waals surface area contributed by atoms with Crippen molar-refractivity contribution in [3.63, 3.8) is 0 Å². The zero-order valence-corrected chi connectivity index (χ0v) is 6.88. The third-order valence-corrected chi connectivity index (χ3v) is 2.97. The maximum atomic E-state index is 11.2. The summed E-state index contributed by atoms with van der Waals surface area (Å²) in [4.78, 5) is 11.2. The molecule has 0 aromatic rings. The molecule has 2 aliphatic carbocycles. The van der Waals surface area contributed by atoms with E-state index in [1.54, 1.807) is 0 Å². The first kappa shape index (κ1) is 7.14. The van der Waals surface area contributed by atoms with Gasteiger partial charge in [0, 0.05) is 0 Å². The number of esters is 1. The van der Waals surface area contributed by atoms with Gasteiger partial charge in [-0.25, -0.2) is 0 Å². The third-order valence-electron chi connectivity index (χ3n) is 2.97. The molecule has 0 amide bonds. The number of fused-ring (bicyclic) bond motifs is 1. The van der Waals surface area contributed by atoms with E-state index in [-0.39, 0.29) is 5.97 Å². The van der Waals surface area contributed by atoms with Crippen molar-refractivity contribution >= 4 is 5.97 Å². The largest absolute Gasteiger partial charge is 0.466 e. The van der Waals surface area contributed by atoms with Crippen LogP contribution in [-0.2, 0) is 9.53 Å². The fourth-order valence-electron chi connectivity index (χ4n) is 2.41. The van der Waals surface area contributed by atoms with Gasteiger partial charge in [0.05, 0.1) is 12.5 Å². The zero-order valence-electron chi connectivity index (χ0n) is 6.88. The molecule has 2 saturated carbocycles. The van der Waals surface area contributed by atoms with Gasteiger partial charge in [-0.1, -0.05) is 6.42 Å². The Hall–Kier alpha value is -0.530. The van der Waals surface area contributed by atoms with E-state index in [4.69, 9.17) is 4.74 Å². The topological polar surface area (TPSA) is 26.3 Å². The number of carbonyl (C=O) groups excluding carboxylic acids is 1. The smallest absolute Gasteiger partial charge is 0.309 e. The fourth-order valence-corrected chi connectivity index (χ4v) is 2.41. The summed E-state index contributed by atoms with van der Waals surface area (Å²) in [6.07, 6.45) is 3.84. The molecular formula is C9H14O2. The Morgan fingerprint density at radius 1 is 1.45 bits per heavy atom. The molecule has 0 unspecified atom stereocenters. The molecule has 0 aromatic carbocycles. The Balaban J connectivity index is 1.85. The summed E-state index contributed by atoms with van der Waals surface area (Å²) in [6.45, 7) is 2.41. The molecule has 11 heavy (non-hydrogen) atoms. The van der Waals surface area contributed by atoms with Gasteiger partial charge in [-0.3, -0.25) is 4.79 Å². The Morgan fingerprint density at radius 2 is 2.09 bits per heavy atom. The highest BCUT2D eigenvalue weighted by molar-refractivity contribution is 5.76. The van der Waals surface area contributed by atoms with Crippen LogP contribution in [0.3, 0.4) is 0 Å². The average molecular weight is 154 g/mol. The summed E-state index contributed by atoms with van der Waals surface area (Å²) >= 11 is 0. The zero-order chi connectivity index (χ0) is 7.84. The van der Waals surface area contributed by atoms with Crippen LogP contribution in [-0.4, -0.2) is 12.6 Å². The van der Waals surface area contributed by atoms with Gasteiger partial charge in [0.1, 0.15) is 0 Å². The first-order valence-electron chi connectivity index (χ1n) is 4.51. The van der Waals surface area contributed by atoms with E-state index >= 15 is 0 Å². The standard InChI is InChI=1S/C9H14O2/c1-2-11-9(10)8-6-4-3-5-7(6)8/h6-8H,2-5H2,1H3/t6-,7+,8-. The van der Waals surface area contributed by atoms with Crippen LogP contribution in [0.1, 0.15) is 26.2 Å². The van der Waals surface area contributed by atoms with Crippen molar-refractivity contribution in [3.05, 3.63) is 0 Å². The Labute approximate surface area is 66.9 Å². The second-order valence-electron chi connectivity index (χ2n) is 3.54. The lowest BCUT2D eigenvalue weighted by Gasteiger charge is -2.01. The quantitative estimate of drug-likeness (QED) is 0.565. The van der Waals surface area contributed by atoms with Crippen LogP contribution in [0.5, 0.6) is 0 Å². The highest BCUT2D eigenvalue weighted by atomic mass is 16.5. The molecule has 0 spiro atoms. The van der Waals surface area contributed by atoms with Gasteiger partial charge in [-0.05, 0) is 31.6 Å². The molecule has 0 heterocycles. The lowest BCUT2D eigenvalue weighted by molar-refractivity contribution is -0.145. The van der Waals surface area contributed by atoms with Crippen LogP contribution < -0.4 is 0 Å². The van der Waals surface area contributed by atoms with Crippen LogP contribution in [0, 0.1) is 17.8 Å². The Bertz CT molecular complexity index is 166. The van der Waals surface area contributed by atoms with Crippen LogP contribution in [0.2, 0.25) is 0 Å². The van der Waals surface area contributed by atoms with Gasteiger partial charge in [0.25, 0.3) is 0 Å². The second kappa shape index (κ2) is 2.50. The van der Waals surface area contributed by atoms with E-state index in [2.05, 4.69) is 0 Å². The molecule has 2 aliphatic rings. The van der Waals surface area contributed by atoms with E-state index in [0.717, 1.165) is 0 Å². The van der Waals surface area contributed by atoms with Gasteiger partial charge in [-0.2, -0.15) is 0 Å². The van der Waals surface area contributed by atoms with E-state index < -0.39 is 0 Å². The molecule has 2 rings (SSSR count). The molecule has 2 heteroatoms. The van der Waals surface area contributed by atoms with Crippen LogP contribution in [0.4, 0.5) is 0 Å². The van der Waals surface area contributed by atoms with Gasteiger partial charge < -0.3 is 4.74 Å². The molecule has 3 atom stereocenters. The molecular weight excluding hydrogens is 140 g/mol. The van der Waals surface area contributed by atoms with Gasteiger partial charge in [-0.15, -0.1) is 0 Å². The summed E-state index contributed by atoms with van der Waals surface area (Å²) < 4.78 is 4.96. The average Bonchev–Trinajstić information content (AvgIpc) is 2.47. The molecule has 0 aromatic heterocycles. The van der Waals surface area contributed by atoms with Crippen molar-refractivity contribution in [2.75, 3.05) is 6.61 Å². The summed E-state index contributed by atoms with van der Waals surface area (Å²) in [7, 11) is 0. The first-order chi connectivity index (χ1) is 5.34. The molecule has 0 radical (unpaired) electrons. The van der Waals surface area contributed by atoms with E-state index in [1.165, 1.54) is 19.3 Å². The molecule has 62 valence electrons. The van der Waals surface area contributed by atoms with Crippen molar-refractivity contribution in [1.82, 2.24) is 0 Å². The molecule has 2 nitrogen and oxygen atoms in total. The number of hydrogen-bond acceptors (Lipinski definition) is 2. The number of hydrogen-bond donors (Lipinski definition) is 0. The Kier molecular flexibility index (Phi) is 1.63. The predicted molar refractivity (Wildman–Crippen MR) is 41.0 cm³/mol. The second-order valence-corrected chi connectivity index (χ2v) is 3.54. The van der Waals surface area contributed by atoms with Gasteiger partial charge >= 0.3 is 5.97 Å². The summed E-state index contributed by atoms with van der Waals surface area (Å²) in [5.41, 5.74) is 0. The number of ether oxygens (including phenoxy) is 1. The summed E-state index contributed by atoms with van der Waals surface area (Å²) in [5.74, 6) is 1.76. The molecule has 0 aliphatic heterocycles. The number of rotatable bonds is 2. The monoisotopic (exact) mass is 154 g/mol. The predicted octanol–water partition coefficient (Wildman–Crippen LogP) is 1.60. The lowest BCUT2D eigenvalue weighted by atomic mass is 10.1. The van der Waals surface area contributed by atoms with Gasteiger partial charge in [0.2, 0.25) is 0 Å². The van der Waals surface area contributed by atoms with E-state index in [9.17, 15) is 4.79 Å². The highest BCUT2D eigenvalue weighted by Crippen LogP contribution is 2.57. The molecule has 0 saturated heterocycles. The van der Waals surface area contributed by atoms with Crippen molar-refractivity contribution in [2.24, 2.45) is 17.8 Å². The molecule has 0 bridgehead atoms. The maximum absolute atomic E-state index is 11.2. The molecule has 2 fully saturated rings. The van der Waals surface area contributed by atoms with Crippen molar-refractivity contribution < 1.29 is 9.53 Å². The van der Waals surface area contributed by atoms with Gasteiger partial charge in [0.15, 0.2) is 0 Å². The van der Waals surface area contributed by atoms with Crippen molar-refractivity contribution in [3.8, 4) is 0 Å². The molecule has 0 N–H and O–H groups in total. The van der Waals surface area contributed by atoms with Crippen LogP contribution >= 0.6 is 0 Å². The van der Waals surface area contributed by atoms with Crippen LogP contribution in [0.25, 0.3) is 0 Å². The SMILES string of the molecule is CCOC(=O)[C@@H]1[C@@H]2CCC[C@@H]21. The minimum Gasteiger partial charge on any atom is -0.466 e. The van der Waals surface area contributed by atoms with E-state index in [0.29, 0.717) is 24.4 Å². The highest BCUT2D eigenvalue weighted by Gasteiger charge is 2.57. The maximum Gasteiger partial charge on any atom is 0.309 e. The Morgan fingerprint density at radius 3 is 2.64 bits per heavy atom. The number of carbonyl (C=O) groups is 1. The summed E-state index contributed by atoms with van der Waals surface area (Å²) in [5, 5.41) is 0. The normalized spacial score (nSPS) is 39.9. The fraction of sp³-hybridized carbons (Fsp3) is 0.889. The lowest BCUT2D eigenvalue weighted by Crippen LogP contribution is -2.09. The first-order valence-corrected chi connectivity index (χ1v) is 4.51.